The molecule has 3 rings (SSSR count). The molecule has 1 aromatic heterocycles. The van der Waals surface area contributed by atoms with Crippen molar-refractivity contribution in [2.75, 3.05) is 19.7 Å². The largest absolute Gasteiger partial charge is 0.466 e. The second-order valence-electron chi connectivity index (χ2n) is 6.89. The van der Waals surface area contributed by atoms with Gasteiger partial charge in [0.25, 0.3) is 0 Å². The SMILES string of the molecule is CCOC(=O)C1CCCN(C(=O)Cc2c(C)[nH]c3ccc(C)cc23)C1. The summed E-state index contributed by atoms with van der Waals surface area (Å²) >= 11 is 0. The minimum atomic E-state index is -0.191. The molecule has 134 valence electrons. The van der Waals surface area contributed by atoms with Crippen LogP contribution in [0.1, 0.15) is 36.6 Å². The monoisotopic (exact) mass is 342 g/mol. The number of aromatic amines is 1. The van der Waals surface area contributed by atoms with Gasteiger partial charge >= 0.3 is 5.97 Å². The minimum Gasteiger partial charge on any atom is -0.466 e. The van der Waals surface area contributed by atoms with E-state index in [0.29, 0.717) is 19.6 Å². The normalized spacial score (nSPS) is 17.7. The van der Waals surface area contributed by atoms with Crippen molar-refractivity contribution >= 4 is 22.8 Å². The van der Waals surface area contributed by atoms with Gasteiger partial charge in [0, 0.05) is 29.7 Å². The van der Waals surface area contributed by atoms with E-state index in [-0.39, 0.29) is 17.8 Å². The molecule has 0 aliphatic carbocycles. The number of aromatic nitrogens is 1. The molecule has 1 amide bonds. The molecule has 2 heterocycles. The van der Waals surface area contributed by atoms with Crippen molar-refractivity contribution in [1.82, 2.24) is 9.88 Å². The molecule has 25 heavy (non-hydrogen) atoms. The number of benzene rings is 1. The fraction of sp³-hybridized carbons (Fsp3) is 0.500. The molecule has 1 N–H and O–H groups in total. The van der Waals surface area contributed by atoms with Crippen LogP contribution in [0.2, 0.25) is 0 Å². The molecule has 0 bridgehead atoms. The zero-order valence-electron chi connectivity index (χ0n) is 15.2. The number of esters is 1. The van der Waals surface area contributed by atoms with E-state index in [9.17, 15) is 9.59 Å². The topological polar surface area (TPSA) is 62.4 Å². The molecule has 1 fully saturated rings. The predicted molar refractivity (Wildman–Crippen MR) is 97.4 cm³/mol. The number of carbonyl (C=O) groups is 2. The average molecular weight is 342 g/mol. The highest BCUT2D eigenvalue weighted by atomic mass is 16.5. The molecule has 5 nitrogen and oxygen atoms in total. The standard InChI is InChI=1S/C20H26N2O3/c1-4-25-20(24)15-6-5-9-22(12-15)19(23)11-16-14(3)21-18-8-7-13(2)10-17(16)18/h7-8,10,15,21H,4-6,9,11-12H2,1-3H3. The van der Waals surface area contributed by atoms with Crippen LogP contribution < -0.4 is 0 Å². The molecule has 1 atom stereocenters. The first-order chi connectivity index (χ1) is 12.0. The van der Waals surface area contributed by atoms with Gasteiger partial charge in [-0.25, -0.2) is 0 Å². The fourth-order valence-electron chi connectivity index (χ4n) is 3.64. The van der Waals surface area contributed by atoms with Crippen LogP contribution in [0.25, 0.3) is 10.9 Å². The van der Waals surface area contributed by atoms with Gasteiger partial charge in [-0.05, 0) is 51.3 Å². The van der Waals surface area contributed by atoms with Crippen molar-refractivity contribution in [2.24, 2.45) is 5.92 Å². The van der Waals surface area contributed by atoms with Crippen LogP contribution in [-0.4, -0.2) is 41.5 Å². The van der Waals surface area contributed by atoms with Gasteiger partial charge in [-0.1, -0.05) is 11.6 Å². The second kappa shape index (κ2) is 7.30. The van der Waals surface area contributed by atoms with Crippen molar-refractivity contribution in [2.45, 2.75) is 40.0 Å². The minimum absolute atomic E-state index is 0.0829. The molecule has 1 aliphatic heterocycles. The zero-order chi connectivity index (χ0) is 18.0. The third-order valence-electron chi connectivity index (χ3n) is 5.00. The van der Waals surface area contributed by atoms with Crippen LogP contribution >= 0.6 is 0 Å². The number of nitrogens with one attached hydrogen (secondary N) is 1. The number of likely N-dealkylation sites (tertiary alicyclic amines) is 1. The lowest BCUT2D eigenvalue weighted by atomic mass is 9.97. The van der Waals surface area contributed by atoms with Crippen molar-refractivity contribution in [3.05, 3.63) is 35.0 Å². The molecule has 0 spiro atoms. The molecular formula is C20H26N2O3. The van der Waals surface area contributed by atoms with E-state index in [1.54, 1.807) is 0 Å². The quantitative estimate of drug-likeness (QED) is 0.868. The van der Waals surface area contributed by atoms with Crippen LogP contribution in [0.3, 0.4) is 0 Å². The molecule has 5 heteroatoms. The number of piperidine rings is 1. The summed E-state index contributed by atoms with van der Waals surface area (Å²) in [5, 5.41) is 1.12. The summed E-state index contributed by atoms with van der Waals surface area (Å²) < 4.78 is 5.12. The maximum atomic E-state index is 12.8. The lowest BCUT2D eigenvalue weighted by Gasteiger charge is -2.31. The lowest BCUT2D eigenvalue weighted by molar-refractivity contribution is -0.151. The first kappa shape index (κ1) is 17.5. The van der Waals surface area contributed by atoms with Gasteiger partial charge in [0.05, 0.1) is 18.9 Å². The van der Waals surface area contributed by atoms with E-state index >= 15 is 0 Å². The smallest absolute Gasteiger partial charge is 0.310 e. The Balaban J connectivity index is 1.75. The van der Waals surface area contributed by atoms with Gasteiger partial charge in [0.2, 0.25) is 5.91 Å². The van der Waals surface area contributed by atoms with Crippen molar-refractivity contribution in [1.29, 1.82) is 0 Å². The van der Waals surface area contributed by atoms with Crippen LogP contribution in [0.4, 0.5) is 0 Å². The maximum Gasteiger partial charge on any atom is 0.310 e. The summed E-state index contributed by atoms with van der Waals surface area (Å²) in [6.07, 6.45) is 2.01. The summed E-state index contributed by atoms with van der Waals surface area (Å²) in [6.45, 7) is 7.45. The Labute approximate surface area is 148 Å². The van der Waals surface area contributed by atoms with Crippen LogP contribution in [0.15, 0.2) is 18.2 Å². The number of rotatable bonds is 4. The summed E-state index contributed by atoms with van der Waals surface area (Å²) in [5.41, 5.74) is 4.34. The van der Waals surface area contributed by atoms with Gasteiger partial charge < -0.3 is 14.6 Å². The third kappa shape index (κ3) is 3.70. The Hall–Kier alpha value is -2.30. The first-order valence-corrected chi connectivity index (χ1v) is 9.01. The Morgan fingerprint density at radius 2 is 2.12 bits per heavy atom. The molecular weight excluding hydrogens is 316 g/mol. The Bertz CT molecular complexity index is 794. The average Bonchev–Trinajstić information content (AvgIpc) is 2.90. The van der Waals surface area contributed by atoms with Gasteiger partial charge in [0.1, 0.15) is 0 Å². The number of aryl methyl sites for hydroxylation is 2. The number of amides is 1. The third-order valence-corrected chi connectivity index (χ3v) is 5.00. The summed E-state index contributed by atoms with van der Waals surface area (Å²) in [5.74, 6) is -0.289. The van der Waals surface area contributed by atoms with E-state index in [4.69, 9.17) is 4.74 Å². The number of H-pyrrole nitrogens is 1. The van der Waals surface area contributed by atoms with Crippen LogP contribution in [0.5, 0.6) is 0 Å². The number of hydrogen-bond acceptors (Lipinski definition) is 3. The number of ether oxygens (including phenoxy) is 1. The highest BCUT2D eigenvalue weighted by Gasteiger charge is 2.29. The lowest BCUT2D eigenvalue weighted by Crippen LogP contribution is -2.43. The predicted octanol–water partition coefficient (Wildman–Crippen LogP) is 3.13. The van der Waals surface area contributed by atoms with Gasteiger partial charge in [-0.3, -0.25) is 9.59 Å². The Kier molecular flexibility index (Phi) is 5.11. The van der Waals surface area contributed by atoms with Crippen molar-refractivity contribution < 1.29 is 14.3 Å². The van der Waals surface area contributed by atoms with Crippen molar-refractivity contribution in [3.8, 4) is 0 Å². The Morgan fingerprint density at radius 1 is 1.32 bits per heavy atom. The van der Waals surface area contributed by atoms with Gasteiger partial charge in [-0.2, -0.15) is 0 Å². The summed E-state index contributed by atoms with van der Waals surface area (Å²) in [4.78, 5) is 30.0. The van der Waals surface area contributed by atoms with E-state index in [0.717, 1.165) is 41.5 Å². The summed E-state index contributed by atoms with van der Waals surface area (Å²) in [7, 11) is 0. The Morgan fingerprint density at radius 3 is 2.88 bits per heavy atom. The number of hydrogen-bond donors (Lipinski definition) is 1. The highest BCUT2D eigenvalue weighted by molar-refractivity contribution is 5.90. The molecule has 1 saturated heterocycles. The number of nitrogens with zero attached hydrogens (tertiary/aromatic N) is 1. The second-order valence-corrected chi connectivity index (χ2v) is 6.89. The van der Waals surface area contributed by atoms with Crippen molar-refractivity contribution in [3.63, 3.8) is 0 Å². The molecule has 1 unspecified atom stereocenters. The van der Waals surface area contributed by atoms with E-state index in [1.807, 2.05) is 18.7 Å². The summed E-state index contributed by atoms with van der Waals surface area (Å²) in [6, 6.07) is 6.25. The van der Waals surface area contributed by atoms with Gasteiger partial charge in [0.15, 0.2) is 0 Å². The number of fused-ring (bicyclic) bond motifs is 1. The van der Waals surface area contributed by atoms with Crippen LogP contribution in [-0.2, 0) is 20.7 Å². The zero-order valence-corrected chi connectivity index (χ0v) is 15.2. The molecule has 0 saturated carbocycles. The molecule has 1 aliphatic rings. The molecule has 1 aromatic carbocycles. The van der Waals surface area contributed by atoms with Crippen LogP contribution in [0, 0.1) is 19.8 Å². The van der Waals surface area contributed by atoms with E-state index in [1.165, 1.54) is 5.56 Å². The van der Waals surface area contributed by atoms with E-state index < -0.39 is 0 Å². The van der Waals surface area contributed by atoms with E-state index in [2.05, 4.69) is 30.1 Å². The van der Waals surface area contributed by atoms with Gasteiger partial charge in [-0.15, -0.1) is 0 Å². The number of carbonyl (C=O) groups excluding carboxylic acids is 2. The molecule has 0 radical (unpaired) electrons. The highest BCUT2D eigenvalue weighted by Crippen LogP contribution is 2.25. The fourth-order valence-corrected chi connectivity index (χ4v) is 3.64. The first-order valence-electron chi connectivity index (χ1n) is 9.01. The maximum absolute atomic E-state index is 12.8. The molecule has 2 aromatic rings.